The molecule has 0 radical (unpaired) electrons. The first-order valence-corrected chi connectivity index (χ1v) is 9.74. The molecule has 0 bridgehead atoms. The van der Waals surface area contributed by atoms with Gasteiger partial charge in [-0.1, -0.05) is 30.8 Å². The smallest absolute Gasteiger partial charge is 0.141 e. The Hall–Kier alpha value is -2.83. The third-order valence-electron chi connectivity index (χ3n) is 4.74. The second-order valence-corrected chi connectivity index (χ2v) is 7.28. The highest BCUT2D eigenvalue weighted by Crippen LogP contribution is 2.20. The number of nitrogens with zero attached hydrogens (tertiary/aromatic N) is 2. The zero-order valence-corrected chi connectivity index (χ0v) is 17.2. The van der Waals surface area contributed by atoms with Crippen LogP contribution in [0, 0.1) is 12.7 Å². The van der Waals surface area contributed by atoms with Crippen LogP contribution in [0.5, 0.6) is 0 Å². The summed E-state index contributed by atoms with van der Waals surface area (Å²) >= 11 is 5.84. The van der Waals surface area contributed by atoms with Gasteiger partial charge in [0.2, 0.25) is 0 Å². The van der Waals surface area contributed by atoms with E-state index in [0.717, 1.165) is 40.4 Å². The van der Waals surface area contributed by atoms with Crippen LogP contribution in [0.2, 0.25) is 5.02 Å². The van der Waals surface area contributed by atoms with E-state index < -0.39 is 5.82 Å². The summed E-state index contributed by atoms with van der Waals surface area (Å²) in [6, 6.07) is 6.71. The standard InChI is InChI=1S/C22H25ClFN5/c1-15(4-5-18-6-7-21(24)20(23)12-18)28-17(3)19-8-9-26-22(16(19)2)13-27-29-11-10-25-14-29/h6-12,25,27-28H,1,3-5,13-14H2,2H3. The molecule has 29 heavy (non-hydrogen) atoms. The average molecular weight is 414 g/mol. The molecule has 0 saturated carbocycles. The normalized spacial score (nSPS) is 12.7. The summed E-state index contributed by atoms with van der Waals surface area (Å²) in [5.41, 5.74) is 8.89. The summed E-state index contributed by atoms with van der Waals surface area (Å²) in [6.07, 6.45) is 7.02. The summed E-state index contributed by atoms with van der Waals surface area (Å²) < 4.78 is 13.3. The second-order valence-electron chi connectivity index (χ2n) is 6.87. The van der Waals surface area contributed by atoms with E-state index >= 15 is 0 Å². The SMILES string of the molecule is C=C(CCc1ccc(F)c(Cl)c1)NC(=C)c1ccnc(CNN2C=CNC2)c1C. The Morgan fingerprint density at radius 1 is 1.34 bits per heavy atom. The first kappa shape index (κ1) is 20.9. The van der Waals surface area contributed by atoms with Gasteiger partial charge in [-0.2, -0.15) is 0 Å². The number of aryl methyl sites for hydroxylation is 1. The molecule has 0 saturated heterocycles. The van der Waals surface area contributed by atoms with Crippen molar-refractivity contribution in [2.45, 2.75) is 26.3 Å². The molecule has 1 aliphatic rings. The van der Waals surface area contributed by atoms with Crippen molar-refractivity contribution in [1.29, 1.82) is 0 Å². The molecule has 3 N–H and O–H groups in total. The van der Waals surface area contributed by atoms with E-state index in [1.54, 1.807) is 18.3 Å². The Morgan fingerprint density at radius 3 is 2.90 bits per heavy atom. The Morgan fingerprint density at radius 2 is 2.17 bits per heavy atom. The van der Waals surface area contributed by atoms with Crippen LogP contribution in [0.3, 0.4) is 0 Å². The van der Waals surface area contributed by atoms with Gasteiger partial charge in [-0.15, -0.1) is 0 Å². The number of aromatic nitrogens is 1. The zero-order valence-electron chi connectivity index (χ0n) is 16.4. The van der Waals surface area contributed by atoms with Crippen LogP contribution in [0.15, 0.2) is 61.7 Å². The minimum atomic E-state index is -0.406. The van der Waals surface area contributed by atoms with E-state index in [0.29, 0.717) is 19.4 Å². The lowest BCUT2D eigenvalue weighted by Crippen LogP contribution is -2.34. The maximum atomic E-state index is 13.3. The van der Waals surface area contributed by atoms with Gasteiger partial charge in [0.25, 0.3) is 0 Å². The van der Waals surface area contributed by atoms with E-state index in [1.807, 2.05) is 30.4 Å². The number of allylic oxidation sites excluding steroid dienone is 1. The minimum Gasteiger partial charge on any atom is -0.371 e. The fourth-order valence-corrected chi connectivity index (χ4v) is 3.25. The molecule has 0 amide bonds. The number of halogens is 2. The van der Waals surface area contributed by atoms with Gasteiger partial charge in [-0.05, 0) is 49.1 Å². The summed E-state index contributed by atoms with van der Waals surface area (Å²) in [6.45, 7) is 11.6. The highest BCUT2D eigenvalue weighted by Gasteiger charge is 2.11. The Kier molecular flexibility index (Phi) is 6.90. The molecular formula is C22H25ClFN5. The number of rotatable bonds is 9. The summed E-state index contributed by atoms with van der Waals surface area (Å²) in [5.74, 6) is -0.406. The first-order valence-electron chi connectivity index (χ1n) is 9.36. The third kappa shape index (κ3) is 5.59. The molecule has 2 aromatic rings. The minimum absolute atomic E-state index is 0.138. The summed E-state index contributed by atoms with van der Waals surface area (Å²) in [5, 5.41) is 8.49. The number of hydrogen-bond acceptors (Lipinski definition) is 5. The number of nitrogens with one attached hydrogen (secondary N) is 3. The van der Waals surface area contributed by atoms with Gasteiger partial charge in [0.05, 0.1) is 17.3 Å². The van der Waals surface area contributed by atoms with Crippen LogP contribution >= 0.6 is 11.6 Å². The molecule has 3 rings (SSSR count). The Balaban J connectivity index is 1.56. The molecule has 1 aliphatic heterocycles. The lowest BCUT2D eigenvalue weighted by Gasteiger charge is -2.19. The maximum absolute atomic E-state index is 13.3. The van der Waals surface area contributed by atoms with Gasteiger partial charge in [-0.25, -0.2) is 9.82 Å². The number of pyridine rings is 1. The molecule has 5 nitrogen and oxygen atoms in total. The average Bonchev–Trinajstić information content (AvgIpc) is 3.21. The van der Waals surface area contributed by atoms with Crippen LogP contribution in [0.4, 0.5) is 4.39 Å². The van der Waals surface area contributed by atoms with Gasteiger partial charge < -0.3 is 10.6 Å². The molecule has 0 fully saturated rings. The van der Waals surface area contributed by atoms with Crippen LogP contribution in [-0.4, -0.2) is 16.7 Å². The number of hydrogen-bond donors (Lipinski definition) is 3. The van der Waals surface area contributed by atoms with Crippen LogP contribution in [0.1, 0.15) is 28.8 Å². The van der Waals surface area contributed by atoms with Gasteiger partial charge in [-0.3, -0.25) is 9.99 Å². The molecular weight excluding hydrogens is 389 g/mol. The first-order chi connectivity index (χ1) is 13.9. The summed E-state index contributed by atoms with van der Waals surface area (Å²) in [7, 11) is 0. The van der Waals surface area contributed by atoms with Gasteiger partial charge in [0.1, 0.15) is 12.5 Å². The molecule has 7 heteroatoms. The van der Waals surface area contributed by atoms with Crippen molar-refractivity contribution in [1.82, 2.24) is 26.1 Å². The molecule has 1 aromatic heterocycles. The highest BCUT2D eigenvalue weighted by molar-refractivity contribution is 6.30. The van der Waals surface area contributed by atoms with Crippen molar-refractivity contribution in [3.8, 4) is 0 Å². The van der Waals surface area contributed by atoms with E-state index in [9.17, 15) is 4.39 Å². The van der Waals surface area contributed by atoms with E-state index in [4.69, 9.17) is 11.6 Å². The lowest BCUT2D eigenvalue weighted by molar-refractivity contribution is 0.276. The molecule has 2 heterocycles. The fourth-order valence-electron chi connectivity index (χ4n) is 3.05. The Bertz CT molecular complexity index is 941. The second kappa shape index (κ2) is 9.58. The van der Waals surface area contributed by atoms with E-state index in [1.165, 1.54) is 6.07 Å². The molecule has 0 aliphatic carbocycles. The van der Waals surface area contributed by atoms with E-state index in [-0.39, 0.29) is 5.02 Å². The summed E-state index contributed by atoms with van der Waals surface area (Å²) in [4.78, 5) is 4.48. The zero-order chi connectivity index (χ0) is 20.8. The van der Waals surface area contributed by atoms with Crippen molar-refractivity contribution in [3.05, 3.63) is 94.9 Å². The highest BCUT2D eigenvalue weighted by atomic mass is 35.5. The van der Waals surface area contributed by atoms with Gasteiger partial charge >= 0.3 is 0 Å². The molecule has 0 atom stereocenters. The molecule has 0 unspecified atom stereocenters. The van der Waals surface area contributed by atoms with E-state index in [2.05, 4.69) is 34.2 Å². The third-order valence-corrected chi connectivity index (χ3v) is 5.03. The van der Waals surface area contributed by atoms with Crippen molar-refractivity contribution in [3.63, 3.8) is 0 Å². The van der Waals surface area contributed by atoms with Crippen molar-refractivity contribution in [2.24, 2.45) is 0 Å². The Labute approximate surface area is 175 Å². The van der Waals surface area contributed by atoms with Gasteiger partial charge in [0.15, 0.2) is 0 Å². The molecule has 1 aromatic carbocycles. The molecule has 152 valence electrons. The topological polar surface area (TPSA) is 52.2 Å². The lowest BCUT2D eigenvalue weighted by atomic mass is 10.0. The van der Waals surface area contributed by atoms with Crippen molar-refractivity contribution < 1.29 is 4.39 Å². The van der Waals surface area contributed by atoms with Crippen molar-refractivity contribution >= 4 is 17.3 Å². The molecule has 0 spiro atoms. The van der Waals surface area contributed by atoms with Gasteiger partial charge in [0, 0.05) is 35.6 Å². The fraction of sp³-hybridized carbons (Fsp3) is 0.227. The maximum Gasteiger partial charge on any atom is 0.141 e. The van der Waals surface area contributed by atoms with Crippen LogP contribution < -0.4 is 16.1 Å². The predicted molar refractivity (Wildman–Crippen MR) is 116 cm³/mol. The van der Waals surface area contributed by atoms with Crippen molar-refractivity contribution in [2.75, 3.05) is 6.67 Å². The largest absolute Gasteiger partial charge is 0.371 e. The monoisotopic (exact) mass is 413 g/mol. The van der Waals surface area contributed by atoms with Crippen LogP contribution in [-0.2, 0) is 13.0 Å². The quantitative estimate of drug-likeness (QED) is 0.574. The number of benzene rings is 1. The predicted octanol–water partition coefficient (Wildman–Crippen LogP) is 4.23. The van der Waals surface area contributed by atoms with Crippen LogP contribution in [0.25, 0.3) is 5.70 Å². The number of hydrazine groups is 1.